The van der Waals surface area contributed by atoms with Crippen LogP contribution in [0.3, 0.4) is 0 Å². The maximum Gasteiger partial charge on any atom is 0.0595 e. The van der Waals surface area contributed by atoms with Crippen LogP contribution in [0.15, 0.2) is 18.2 Å². The highest BCUT2D eigenvalue weighted by Gasteiger charge is 2.25. The molecular weight excluding hydrogens is 265 g/mol. The van der Waals surface area contributed by atoms with Gasteiger partial charge in [0.2, 0.25) is 0 Å². The fourth-order valence-corrected chi connectivity index (χ4v) is 2.65. The summed E-state index contributed by atoms with van der Waals surface area (Å²) in [6.45, 7) is 4.44. The Bertz CT molecular complexity index is 401. The molecule has 2 rings (SSSR count). The van der Waals surface area contributed by atoms with E-state index in [1.165, 1.54) is 31.2 Å². The molecule has 1 aliphatic carbocycles. The van der Waals surface area contributed by atoms with Crippen molar-refractivity contribution in [3.63, 3.8) is 0 Å². The minimum Gasteiger partial charge on any atom is -0.307 e. The first-order valence-corrected chi connectivity index (χ1v) is 7.56. The third-order valence-corrected chi connectivity index (χ3v) is 4.48. The normalized spacial score (nSPS) is 18.7. The summed E-state index contributed by atoms with van der Waals surface area (Å²) in [5.41, 5.74) is 1.21. The minimum absolute atomic E-state index is 0.323. The van der Waals surface area contributed by atoms with Crippen molar-refractivity contribution in [2.75, 3.05) is 0 Å². The molecule has 1 N–H and O–H groups in total. The summed E-state index contributed by atoms with van der Waals surface area (Å²) in [5, 5.41) is 4.96. The first-order valence-electron chi connectivity index (χ1n) is 6.81. The second-order valence-electron chi connectivity index (χ2n) is 5.35. The van der Waals surface area contributed by atoms with Crippen molar-refractivity contribution in [1.29, 1.82) is 0 Å². The van der Waals surface area contributed by atoms with Gasteiger partial charge in [-0.3, -0.25) is 0 Å². The van der Waals surface area contributed by atoms with Crippen molar-refractivity contribution < 1.29 is 0 Å². The maximum atomic E-state index is 6.06. The summed E-state index contributed by atoms with van der Waals surface area (Å²) < 4.78 is 0. The monoisotopic (exact) mass is 285 g/mol. The molecule has 2 atom stereocenters. The van der Waals surface area contributed by atoms with Crippen LogP contribution in [0.4, 0.5) is 0 Å². The van der Waals surface area contributed by atoms with Crippen LogP contribution in [-0.2, 0) is 0 Å². The average molecular weight is 286 g/mol. The lowest BCUT2D eigenvalue weighted by Crippen LogP contribution is -2.31. The van der Waals surface area contributed by atoms with Crippen LogP contribution in [0.2, 0.25) is 10.0 Å². The Morgan fingerprint density at radius 2 is 2.00 bits per heavy atom. The van der Waals surface area contributed by atoms with Gasteiger partial charge < -0.3 is 5.32 Å². The van der Waals surface area contributed by atoms with Gasteiger partial charge in [0.05, 0.1) is 10.0 Å². The van der Waals surface area contributed by atoms with E-state index in [0.717, 1.165) is 5.92 Å². The summed E-state index contributed by atoms with van der Waals surface area (Å²) in [5.74, 6) is 0.962. The van der Waals surface area contributed by atoms with Crippen molar-refractivity contribution >= 4 is 23.2 Å². The Labute approximate surface area is 120 Å². The Balaban J connectivity index is 1.96. The van der Waals surface area contributed by atoms with Crippen molar-refractivity contribution in [3.8, 4) is 0 Å². The zero-order valence-electron chi connectivity index (χ0n) is 11.0. The largest absolute Gasteiger partial charge is 0.307 e. The van der Waals surface area contributed by atoms with Gasteiger partial charge in [-0.25, -0.2) is 0 Å². The Hall–Kier alpha value is -0.240. The van der Waals surface area contributed by atoms with Gasteiger partial charge in [0.15, 0.2) is 0 Å². The highest BCUT2D eigenvalue weighted by Crippen LogP contribution is 2.34. The second-order valence-corrected chi connectivity index (χ2v) is 6.16. The summed E-state index contributed by atoms with van der Waals surface area (Å²) in [6.07, 6.45) is 5.32. The van der Waals surface area contributed by atoms with Crippen LogP contribution in [0.1, 0.15) is 51.1 Å². The third kappa shape index (κ3) is 3.88. The van der Waals surface area contributed by atoms with E-state index in [1.807, 2.05) is 12.1 Å². The molecule has 1 saturated carbocycles. The zero-order valence-corrected chi connectivity index (χ0v) is 12.6. The van der Waals surface area contributed by atoms with E-state index in [4.69, 9.17) is 23.2 Å². The van der Waals surface area contributed by atoms with E-state index >= 15 is 0 Å². The molecule has 0 heterocycles. The van der Waals surface area contributed by atoms with Gasteiger partial charge in [0.25, 0.3) is 0 Å². The molecule has 0 radical (unpaired) electrons. The van der Waals surface area contributed by atoms with Gasteiger partial charge in [-0.05, 0) is 43.4 Å². The highest BCUT2D eigenvalue weighted by atomic mass is 35.5. The first-order chi connectivity index (χ1) is 8.60. The molecule has 18 heavy (non-hydrogen) atoms. The van der Waals surface area contributed by atoms with E-state index in [-0.39, 0.29) is 0 Å². The smallest absolute Gasteiger partial charge is 0.0595 e. The first kappa shape index (κ1) is 14.2. The highest BCUT2D eigenvalue weighted by molar-refractivity contribution is 6.42. The minimum atomic E-state index is 0.323. The standard InChI is InChI=1S/C15H21Cl2N/c1-3-13(8-11-4-5-11)18-10(2)12-6-7-14(16)15(17)9-12/h6-7,9-11,13,18H,3-5,8H2,1-2H3. The molecule has 0 saturated heterocycles. The van der Waals surface area contributed by atoms with Gasteiger partial charge in [-0.2, -0.15) is 0 Å². The van der Waals surface area contributed by atoms with Crippen molar-refractivity contribution in [3.05, 3.63) is 33.8 Å². The van der Waals surface area contributed by atoms with Crippen molar-refractivity contribution in [1.82, 2.24) is 5.32 Å². The molecule has 0 aromatic heterocycles. The molecule has 1 aromatic rings. The number of nitrogens with one attached hydrogen (secondary N) is 1. The number of benzene rings is 1. The van der Waals surface area contributed by atoms with Crippen LogP contribution in [-0.4, -0.2) is 6.04 Å². The molecule has 1 aromatic carbocycles. The van der Waals surface area contributed by atoms with Crippen LogP contribution in [0.5, 0.6) is 0 Å². The summed E-state index contributed by atoms with van der Waals surface area (Å²) in [4.78, 5) is 0. The lowest BCUT2D eigenvalue weighted by molar-refractivity contribution is 0.404. The fourth-order valence-electron chi connectivity index (χ4n) is 2.34. The van der Waals surface area contributed by atoms with E-state index < -0.39 is 0 Å². The number of rotatable bonds is 6. The lowest BCUT2D eigenvalue weighted by Gasteiger charge is -2.23. The van der Waals surface area contributed by atoms with E-state index in [2.05, 4.69) is 25.2 Å². The van der Waals surface area contributed by atoms with Crippen LogP contribution < -0.4 is 5.32 Å². The molecule has 0 aliphatic heterocycles. The molecule has 0 amide bonds. The predicted octanol–water partition coefficient (Wildman–Crippen LogP) is 5.22. The van der Waals surface area contributed by atoms with Gasteiger partial charge in [0.1, 0.15) is 0 Å². The average Bonchev–Trinajstić information content (AvgIpc) is 3.15. The van der Waals surface area contributed by atoms with Gasteiger partial charge in [-0.1, -0.05) is 49.0 Å². The van der Waals surface area contributed by atoms with E-state index in [1.54, 1.807) is 0 Å². The lowest BCUT2D eigenvalue weighted by atomic mass is 10.0. The fraction of sp³-hybridized carbons (Fsp3) is 0.600. The molecule has 1 fully saturated rings. The van der Waals surface area contributed by atoms with Crippen molar-refractivity contribution in [2.45, 2.75) is 51.6 Å². The van der Waals surface area contributed by atoms with Crippen molar-refractivity contribution in [2.24, 2.45) is 5.92 Å². The van der Waals surface area contributed by atoms with Gasteiger partial charge >= 0.3 is 0 Å². The molecule has 1 aliphatic rings. The van der Waals surface area contributed by atoms with Gasteiger partial charge in [0, 0.05) is 12.1 Å². The van der Waals surface area contributed by atoms with E-state index in [9.17, 15) is 0 Å². The third-order valence-electron chi connectivity index (χ3n) is 3.74. The predicted molar refractivity (Wildman–Crippen MR) is 79.4 cm³/mol. The zero-order chi connectivity index (χ0) is 13.1. The molecule has 1 nitrogen and oxygen atoms in total. The molecular formula is C15H21Cl2N. The SMILES string of the molecule is CCC(CC1CC1)NC(C)c1ccc(Cl)c(Cl)c1. The Morgan fingerprint density at radius 1 is 1.28 bits per heavy atom. The number of hydrogen-bond donors (Lipinski definition) is 1. The summed E-state index contributed by atoms with van der Waals surface area (Å²) in [7, 11) is 0. The summed E-state index contributed by atoms with van der Waals surface area (Å²) in [6, 6.07) is 6.82. The number of hydrogen-bond acceptors (Lipinski definition) is 1. The molecule has 3 heteroatoms. The topological polar surface area (TPSA) is 12.0 Å². The molecule has 0 spiro atoms. The molecule has 2 unspecified atom stereocenters. The Morgan fingerprint density at radius 3 is 2.56 bits per heavy atom. The Kier molecular flexibility index (Phi) is 4.94. The van der Waals surface area contributed by atoms with E-state index in [0.29, 0.717) is 22.1 Å². The molecule has 100 valence electrons. The quantitative estimate of drug-likeness (QED) is 0.755. The second kappa shape index (κ2) is 6.27. The van der Waals surface area contributed by atoms with Crippen LogP contribution >= 0.6 is 23.2 Å². The maximum absolute atomic E-state index is 6.06. The van der Waals surface area contributed by atoms with Gasteiger partial charge in [-0.15, -0.1) is 0 Å². The summed E-state index contributed by atoms with van der Waals surface area (Å²) >= 11 is 12.0. The van der Waals surface area contributed by atoms with Crippen LogP contribution in [0.25, 0.3) is 0 Å². The van der Waals surface area contributed by atoms with Crippen LogP contribution in [0, 0.1) is 5.92 Å². The molecule has 0 bridgehead atoms. The number of halogens is 2.